The molecule has 0 saturated carbocycles. The Kier molecular flexibility index (Phi) is 13.3. The highest BCUT2D eigenvalue weighted by molar-refractivity contribution is 6.29. The SMILES string of the molecule is CCCCC(Cl)C(=O)O.O=C(O)C(O)C(O)C(O)C(O)CO. The van der Waals surface area contributed by atoms with E-state index in [0.717, 1.165) is 12.8 Å². The van der Waals surface area contributed by atoms with E-state index in [1.165, 1.54) is 0 Å². The molecule has 0 amide bonds. The highest BCUT2D eigenvalue weighted by Gasteiger charge is 2.33. The van der Waals surface area contributed by atoms with Gasteiger partial charge in [-0.3, -0.25) is 4.79 Å². The predicted molar refractivity (Wildman–Crippen MR) is 75.6 cm³/mol. The van der Waals surface area contributed by atoms with E-state index in [4.69, 9.17) is 47.3 Å². The number of halogens is 1. The maximum absolute atomic E-state index is 10.1. The first-order chi connectivity index (χ1) is 10.1. The van der Waals surface area contributed by atoms with Crippen LogP contribution in [0.4, 0.5) is 0 Å². The number of hydrogen-bond donors (Lipinski definition) is 7. The number of rotatable bonds is 9. The van der Waals surface area contributed by atoms with Crippen LogP contribution in [-0.4, -0.2) is 84.1 Å². The fraction of sp³-hybridized carbons (Fsp3) is 0.833. The molecule has 0 rings (SSSR count). The van der Waals surface area contributed by atoms with Gasteiger partial charge >= 0.3 is 11.9 Å². The number of carboxylic acid groups (broad SMARTS) is 2. The molecule has 7 N–H and O–H groups in total. The van der Waals surface area contributed by atoms with Gasteiger partial charge in [-0.2, -0.15) is 0 Å². The van der Waals surface area contributed by atoms with E-state index in [2.05, 4.69) is 0 Å². The van der Waals surface area contributed by atoms with E-state index in [9.17, 15) is 9.59 Å². The van der Waals surface area contributed by atoms with Crippen molar-refractivity contribution in [3.05, 3.63) is 0 Å². The highest BCUT2D eigenvalue weighted by Crippen LogP contribution is 2.06. The van der Waals surface area contributed by atoms with Gasteiger partial charge in [0.15, 0.2) is 6.10 Å². The van der Waals surface area contributed by atoms with Crippen LogP contribution in [0.1, 0.15) is 26.2 Å². The zero-order valence-corrected chi connectivity index (χ0v) is 12.8. The fourth-order valence-corrected chi connectivity index (χ4v) is 1.33. The molecule has 0 saturated heterocycles. The second kappa shape index (κ2) is 12.6. The van der Waals surface area contributed by atoms with Crippen LogP contribution in [0.2, 0.25) is 0 Å². The third kappa shape index (κ3) is 9.87. The Hall–Kier alpha value is -0.970. The molecule has 0 aliphatic heterocycles. The third-order valence-corrected chi connectivity index (χ3v) is 2.99. The van der Waals surface area contributed by atoms with Gasteiger partial charge in [0.05, 0.1) is 6.61 Å². The Labute approximate surface area is 132 Å². The van der Waals surface area contributed by atoms with Crippen LogP contribution in [0, 0.1) is 0 Å². The Bertz CT molecular complexity index is 326. The van der Waals surface area contributed by atoms with E-state index in [1.807, 2.05) is 6.92 Å². The van der Waals surface area contributed by atoms with Gasteiger partial charge in [0, 0.05) is 0 Å². The number of aliphatic hydroxyl groups excluding tert-OH is 5. The summed E-state index contributed by atoms with van der Waals surface area (Å²) in [5.41, 5.74) is 0. The minimum atomic E-state index is -2.20. The summed E-state index contributed by atoms with van der Waals surface area (Å²) >= 11 is 5.39. The molecule has 0 aromatic heterocycles. The van der Waals surface area contributed by atoms with Gasteiger partial charge in [-0.25, -0.2) is 4.79 Å². The summed E-state index contributed by atoms with van der Waals surface area (Å²) in [6.07, 6.45) is -5.37. The summed E-state index contributed by atoms with van der Waals surface area (Å²) in [7, 11) is 0. The molecule has 5 atom stereocenters. The van der Waals surface area contributed by atoms with Gasteiger partial charge in [-0.1, -0.05) is 19.8 Å². The normalized spacial score (nSPS) is 17.4. The maximum Gasteiger partial charge on any atom is 0.335 e. The molecule has 0 fully saturated rings. The molecule has 0 aliphatic rings. The molecule has 22 heavy (non-hydrogen) atoms. The molecule has 0 aliphatic carbocycles. The van der Waals surface area contributed by atoms with Crippen molar-refractivity contribution in [2.24, 2.45) is 0 Å². The van der Waals surface area contributed by atoms with Crippen LogP contribution in [0.15, 0.2) is 0 Å². The molecule has 9 nitrogen and oxygen atoms in total. The largest absolute Gasteiger partial charge is 0.480 e. The third-order valence-electron chi connectivity index (χ3n) is 2.59. The first-order valence-corrected chi connectivity index (χ1v) is 6.96. The van der Waals surface area contributed by atoms with Crippen molar-refractivity contribution in [3.63, 3.8) is 0 Å². The van der Waals surface area contributed by atoms with Gasteiger partial charge in [0.25, 0.3) is 0 Å². The van der Waals surface area contributed by atoms with Crippen molar-refractivity contribution in [1.82, 2.24) is 0 Å². The second-order valence-electron chi connectivity index (χ2n) is 4.46. The van der Waals surface area contributed by atoms with E-state index in [-0.39, 0.29) is 0 Å². The van der Waals surface area contributed by atoms with Crippen LogP contribution in [0.5, 0.6) is 0 Å². The Morgan fingerprint density at radius 2 is 1.50 bits per heavy atom. The average molecular weight is 347 g/mol. The minimum Gasteiger partial charge on any atom is -0.480 e. The standard InChI is InChI=1S/C6H11ClO2.C6H12O7/c1-2-3-4-5(7)6(8)9;7-1-2(8)3(9)4(10)5(11)6(12)13/h5H,2-4H2,1H3,(H,8,9);2-5,7-11H,1H2,(H,12,13). The van der Waals surface area contributed by atoms with Crippen molar-refractivity contribution in [1.29, 1.82) is 0 Å². The summed E-state index contributed by atoms with van der Waals surface area (Å²) in [4.78, 5) is 20.2. The summed E-state index contributed by atoms with van der Waals surface area (Å²) in [5, 5.41) is 59.4. The smallest absolute Gasteiger partial charge is 0.335 e. The lowest BCUT2D eigenvalue weighted by molar-refractivity contribution is -0.164. The Morgan fingerprint density at radius 3 is 1.82 bits per heavy atom. The lowest BCUT2D eigenvalue weighted by Crippen LogP contribution is -2.48. The summed E-state index contributed by atoms with van der Waals surface area (Å²) in [6.45, 7) is 1.16. The van der Waals surface area contributed by atoms with Crippen LogP contribution >= 0.6 is 11.6 Å². The number of aliphatic carboxylic acids is 2. The predicted octanol–water partition coefficient (Wildman–Crippen LogP) is -1.62. The lowest BCUT2D eigenvalue weighted by Gasteiger charge is -2.23. The molecule has 0 aromatic rings. The van der Waals surface area contributed by atoms with Crippen molar-refractivity contribution in [2.75, 3.05) is 6.61 Å². The maximum atomic E-state index is 10.1. The Morgan fingerprint density at radius 1 is 1.00 bits per heavy atom. The molecule has 0 bridgehead atoms. The summed E-state index contributed by atoms with van der Waals surface area (Å²) < 4.78 is 0. The zero-order valence-electron chi connectivity index (χ0n) is 12.0. The Balaban J connectivity index is 0. The molecule has 132 valence electrons. The molecule has 5 unspecified atom stereocenters. The first-order valence-electron chi connectivity index (χ1n) is 6.52. The van der Waals surface area contributed by atoms with Crippen molar-refractivity contribution in [2.45, 2.75) is 56.0 Å². The molecule has 0 spiro atoms. The first kappa shape index (κ1) is 23.3. The van der Waals surface area contributed by atoms with Gasteiger partial charge in [-0.05, 0) is 6.42 Å². The molecule has 0 heterocycles. The van der Waals surface area contributed by atoms with E-state index >= 15 is 0 Å². The molecule has 10 heteroatoms. The van der Waals surface area contributed by atoms with Crippen LogP contribution in [0.25, 0.3) is 0 Å². The van der Waals surface area contributed by atoms with Crippen LogP contribution < -0.4 is 0 Å². The van der Waals surface area contributed by atoms with E-state index in [1.54, 1.807) is 0 Å². The van der Waals surface area contributed by atoms with Crippen molar-refractivity contribution >= 4 is 23.5 Å². The summed E-state index contributed by atoms with van der Waals surface area (Å²) in [5.74, 6) is -2.64. The van der Waals surface area contributed by atoms with E-state index in [0.29, 0.717) is 6.42 Å². The second-order valence-corrected chi connectivity index (χ2v) is 4.99. The van der Waals surface area contributed by atoms with Crippen LogP contribution in [-0.2, 0) is 9.59 Å². The molecule has 0 radical (unpaired) electrons. The zero-order chi connectivity index (χ0) is 17.9. The topological polar surface area (TPSA) is 176 Å². The number of carboxylic acids is 2. The highest BCUT2D eigenvalue weighted by atomic mass is 35.5. The monoisotopic (exact) mass is 346 g/mol. The number of hydrogen-bond acceptors (Lipinski definition) is 7. The molecular formula is C12H23ClO9. The molecule has 0 aromatic carbocycles. The lowest BCUT2D eigenvalue weighted by atomic mass is 10.0. The average Bonchev–Trinajstić information content (AvgIpc) is 2.49. The number of carbonyl (C=O) groups is 2. The van der Waals surface area contributed by atoms with Crippen molar-refractivity contribution < 1.29 is 45.3 Å². The van der Waals surface area contributed by atoms with Gasteiger partial charge in [0.1, 0.15) is 23.7 Å². The van der Waals surface area contributed by atoms with Gasteiger partial charge in [-0.15, -0.1) is 11.6 Å². The minimum absolute atomic E-state index is 0.577. The number of unbranched alkanes of at least 4 members (excludes halogenated alkanes) is 1. The van der Waals surface area contributed by atoms with Gasteiger partial charge in [0.2, 0.25) is 0 Å². The van der Waals surface area contributed by atoms with E-state index < -0.39 is 48.3 Å². The van der Waals surface area contributed by atoms with Gasteiger partial charge < -0.3 is 35.7 Å². The fourth-order valence-electron chi connectivity index (χ4n) is 1.18. The molecular weight excluding hydrogens is 324 g/mol. The van der Waals surface area contributed by atoms with Crippen molar-refractivity contribution in [3.8, 4) is 0 Å². The quantitative estimate of drug-likeness (QED) is 0.242. The number of aliphatic hydroxyl groups is 5. The summed E-state index contributed by atoms with van der Waals surface area (Å²) in [6, 6.07) is 0. The number of alkyl halides is 1. The van der Waals surface area contributed by atoms with Crippen LogP contribution in [0.3, 0.4) is 0 Å².